The lowest BCUT2D eigenvalue weighted by molar-refractivity contribution is 1.14. The topological polar surface area (TPSA) is 35.6 Å². The third-order valence-corrected chi connectivity index (χ3v) is 11.0. The standard InChI is InChI=1S/C52H34N4/c1-4-14-36(15-5-1)47-32-39(33-48(54-47)37-16-6-2-7-17-37)35-24-27-42(28-25-35)56-50-23-13-11-21-44(50)46-31-40(34-53-52(46)56)38-26-29-51-45(30-38)43-20-10-12-22-49(43)55(51)41-18-8-3-9-19-41/h1-34H. The summed E-state index contributed by atoms with van der Waals surface area (Å²) in [6, 6.07) is 71.0. The highest BCUT2D eigenvalue weighted by molar-refractivity contribution is 6.12. The lowest BCUT2D eigenvalue weighted by atomic mass is 10.00. The van der Waals surface area contributed by atoms with E-state index >= 15 is 0 Å². The van der Waals surface area contributed by atoms with Gasteiger partial charge in [0.1, 0.15) is 5.65 Å². The SMILES string of the molecule is c1ccc(-c2cc(-c3ccc(-n4c5ccccc5c5cc(-c6ccc7c(c6)c6ccccc6n7-c6ccccc6)cnc54)cc3)cc(-c3ccccc3)n2)cc1. The van der Waals surface area contributed by atoms with Gasteiger partial charge < -0.3 is 4.57 Å². The van der Waals surface area contributed by atoms with Crippen LogP contribution in [0.4, 0.5) is 0 Å². The van der Waals surface area contributed by atoms with E-state index in [4.69, 9.17) is 9.97 Å². The third kappa shape index (κ3) is 5.31. The van der Waals surface area contributed by atoms with Crippen LogP contribution in [0.5, 0.6) is 0 Å². The van der Waals surface area contributed by atoms with Crippen LogP contribution in [0, 0.1) is 0 Å². The zero-order valence-electron chi connectivity index (χ0n) is 30.4. The average molecular weight is 715 g/mol. The summed E-state index contributed by atoms with van der Waals surface area (Å²) in [5, 5.41) is 4.77. The van der Waals surface area contributed by atoms with Gasteiger partial charge in [-0.25, -0.2) is 9.97 Å². The van der Waals surface area contributed by atoms with Crippen molar-refractivity contribution < 1.29 is 0 Å². The zero-order chi connectivity index (χ0) is 37.0. The van der Waals surface area contributed by atoms with E-state index in [1.807, 2.05) is 18.3 Å². The Morgan fingerprint density at radius 3 is 1.46 bits per heavy atom. The van der Waals surface area contributed by atoms with E-state index in [0.29, 0.717) is 0 Å². The number of aromatic nitrogens is 4. The monoisotopic (exact) mass is 714 g/mol. The predicted octanol–water partition coefficient (Wildman–Crippen LogP) is 13.3. The largest absolute Gasteiger partial charge is 0.309 e. The molecule has 0 N–H and O–H groups in total. The Labute approximate surface area is 324 Å². The number of benzene rings is 7. The van der Waals surface area contributed by atoms with E-state index in [0.717, 1.165) is 72.7 Å². The molecule has 4 aromatic heterocycles. The van der Waals surface area contributed by atoms with Crippen LogP contribution in [0.2, 0.25) is 0 Å². The van der Waals surface area contributed by atoms with E-state index in [1.54, 1.807) is 0 Å². The molecule has 0 aliphatic carbocycles. The number of nitrogens with zero attached hydrogens (tertiary/aromatic N) is 4. The van der Waals surface area contributed by atoms with Crippen LogP contribution in [0.1, 0.15) is 0 Å². The summed E-state index contributed by atoms with van der Waals surface area (Å²) in [7, 11) is 0. The third-order valence-electron chi connectivity index (χ3n) is 11.0. The second kappa shape index (κ2) is 13.1. The van der Waals surface area contributed by atoms with E-state index in [-0.39, 0.29) is 0 Å². The smallest absolute Gasteiger partial charge is 0.145 e. The lowest BCUT2D eigenvalue weighted by Gasteiger charge is -2.12. The maximum absolute atomic E-state index is 5.19. The number of para-hydroxylation sites is 3. The molecule has 0 aliphatic heterocycles. The maximum atomic E-state index is 5.19. The molecule has 4 heterocycles. The molecule has 262 valence electrons. The van der Waals surface area contributed by atoms with Crippen molar-refractivity contribution in [3.05, 3.63) is 206 Å². The highest BCUT2D eigenvalue weighted by Crippen LogP contribution is 2.38. The van der Waals surface area contributed by atoms with E-state index in [2.05, 4.69) is 197 Å². The zero-order valence-corrected chi connectivity index (χ0v) is 30.4. The molecule has 4 nitrogen and oxygen atoms in total. The number of hydrogen-bond donors (Lipinski definition) is 0. The number of fused-ring (bicyclic) bond motifs is 6. The molecule has 0 unspecified atom stereocenters. The van der Waals surface area contributed by atoms with Crippen LogP contribution < -0.4 is 0 Å². The summed E-state index contributed by atoms with van der Waals surface area (Å²) in [6.45, 7) is 0. The van der Waals surface area contributed by atoms with Crippen LogP contribution in [-0.2, 0) is 0 Å². The summed E-state index contributed by atoms with van der Waals surface area (Å²) in [5.74, 6) is 0. The molecule has 4 heteroatoms. The predicted molar refractivity (Wildman–Crippen MR) is 232 cm³/mol. The van der Waals surface area contributed by atoms with Crippen molar-refractivity contribution in [2.24, 2.45) is 0 Å². The molecule has 0 spiro atoms. The van der Waals surface area contributed by atoms with Crippen LogP contribution in [0.3, 0.4) is 0 Å². The Morgan fingerprint density at radius 1 is 0.304 bits per heavy atom. The van der Waals surface area contributed by atoms with Crippen LogP contribution in [0.25, 0.3) is 99.9 Å². The first-order valence-corrected chi connectivity index (χ1v) is 19.0. The van der Waals surface area contributed by atoms with Gasteiger partial charge in [-0.3, -0.25) is 4.57 Å². The Bertz CT molecular complexity index is 3160. The molecule has 0 saturated carbocycles. The van der Waals surface area contributed by atoms with E-state index in [9.17, 15) is 0 Å². The molecule has 56 heavy (non-hydrogen) atoms. The van der Waals surface area contributed by atoms with Gasteiger partial charge in [0.25, 0.3) is 0 Å². The molecule has 11 aromatic rings. The number of pyridine rings is 2. The maximum Gasteiger partial charge on any atom is 0.145 e. The van der Waals surface area contributed by atoms with Crippen molar-refractivity contribution in [1.82, 2.24) is 19.1 Å². The summed E-state index contributed by atoms with van der Waals surface area (Å²) in [6.07, 6.45) is 2.02. The fraction of sp³-hybridized carbons (Fsp3) is 0. The first-order chi connectivity index (χ1) is 27.8. The van der Waals surface area contributed by atoms with Crippen molar-refractivity contribution >= 4 is 43.7 Å². The minimum absolute atomic E-state index is 0.936. The summed E-state index contributed by atoms with van der Waals surface area (Å²) in [5.41, 5.74) is 15.3. The molecule has 0 saturated heterocycles. The Balaban J connectivity index is 1.01. The first-order valence-electron chi connectivity index (χ1n) is 19.0. The van der Waals surface area contributed by atoms with Gasteiger partial charge in [-0.2, -0.15) is 0 Å². The van der Waals surface area contributed by atoms with Gasteiger partial charge >= 0.3 is 0 Å². The van der Waals surface area contributed by atoms with Crippen molar-refractivity contribution in [2.45, 2.75) is 0 Å². The quantitative estimate of drug-likeness (QED) is 0.172. The molecule has 7 aromatic carbocycles. The molecule has 0 amide bonds. The van der Waals surface area contributed by atoms with Gasteiger partial charge in [0.15, 0.2) is 0 Å². The van der Waals surface area contributed by atoms with Crippen molar-refractivity contribution in [2.75, 3.05) is 0 Å². The van der Waals surface area contributed by atoms with Gasteiger partial charge in [0.2, 0.25) is 0 Å². The van der Waals surface area contributed by atoms with Crippen LogP contribution >= 0.6 is 0 Å². The highest BCUT2D eigenvalue weighted by Gasteiger charge is 2.17. The Hall–Kier alpha value is -7.56. The van der Waals surface area contributed by atoms with E-state index in [1.165, 1.54) is 27.2 Å². The fourth-order valence-corrected chi connectivity index (χ4v) is 8.29. The van der Waals surface area contributed by atoms with Crippen molar-refractivity contribution in [3.63, 3.8) is 0 Å². The Kier molecular flexibility index (Phi) is 7.46. The van der Waals surface area contributed by atoms with Gasteiger partial charge in [-0.05, 0) is 83.4 Å². The number of rotatable bonds is 6. The minimum Gasteiger partial charge on any atom is -0.309 e. The molecule has 0 fully saturated rings. The van der Waals surface area contributed by atoms with Gasteiger partial charge in [-0.15, -0.1) is 0 Å². The number of hydrogen-bond acceptors (Lipinski definition) is 2. The first kappa shape index (κ1) is 31.9. The Morgan fingerprint density at radius 2 is 0.804 bits per heavy atom. The second-order valence-electron chi connectivity index (χ2n) is 14.3. The summed E-state index contributed by atoms with van der Waals surface area (Å²) >= 11 is 0. The van der Waals surface area contributed by atoms with Gasteiger partial charge in [0.05, 0.1) is 27.9 Å². The van der Waals surface area contributed by atoms with Crippen molar-refractivity contribution in [1.29, 1.82) is 0 Å². The molecular formula is C52H34N4. The second-order valence-corrected chi connectivity index (χ2v) is 14.3. The van der Waals surface area contributed by atoms with Gasteiger partial charge in [0, 0.05) is 55.8 Å². The highest BCUT2D eigenvalue weighted by atomic mass is 15.0. The molecular weight excluding hydrogens is 681 g/mol. The molecule has 0 bridgehead atoms. The van der Waals surface area contributed by atoms with Gasteiger partial charge in [-0.1, -0.05) is 133 Å². The lowest BCUT2D eigenvalue weighted by Crippen LogP contribution is -1.96. The normalized spacial score (nSPS) is 11.6. The molecule has 0 aliphatic rings. The summed E-state index contributed by atoms with van der Waals surface area (Å²) in [4.78, 5) is 10.3. The molecule has 0 radical (unpaired) electrons. The molecule has 11 rings (SSSR count). The summed E-state index contributed by atoms with van der Waals surface area (Å²) < 4.78 is 4.64. The van der Waals surface area contributed by atoms with E-state index < -0.39 is 0 Å². The van der Waals surface area contributed by atoms with Crippen LogP contribution in [0.15, 0.2) is 206 Å². The average Bonchev–Trinajstić information content (AvgIpc) is 3.79. The van der Waals surface area contributed by atoms with Crippen LogP contribution in [-0.4, -0.2) is 19.1 Å². The minimum atomic E-state index is 0.936. The fourth-order valence-electron chi connectivity index (χ4n) is 8.29. The van der Waals surface area contributed by atoms with Crippen molar-refractivity contribution in [3.8, 4) is 56.1 Å². The molecule has 0 atom stereocenters.